The molecule has 0 bridgehead atoms. The fourth-order valence-electron chi connectivity index (χ4n) is 3.77. The number of pyridine rings is 1. The molecule has 2 N–H and O–H groups in total. The molecule has 2 aromatic heterocycles. The van der Waals surface area contributed by atoms with Crippen LogP contribution in [0.5, 0.6) is 0 Å². The lowest BCUT2D eigenvalue weighted by Gasteiger charge is -2.32. The van der Waals surface area contributed by atoms with Gasteiger partial charge in [0, 0.05) is 43.8 Å². The zero-order chi connectivity index (χ0) is 23.4. The number of anilines is 3. The molecule has 2 aromatic rings. The van der Waals surface area contributed by atoms with E-state index in [1.807, 2.05) is 13.8 Å². The number of likely N-dealkylation sites (N-methyl/N-ethyl adjacent to an activating group) is 1. The maximum absolute atomic E-state index is 13.1. The number of carbonyl (C=O) groups is 1. The summed E-state index contributed by atoms with van der Waals surface area (Å²) in [4.78, 5) is 35.7. The summed E-state index contributed by atoms with van der Waals surface area (Å²) in [5.41, 5.74) is 2.00. The predicted octanol–water partition coefficient (Wildman–Crippen LogP) is 3.24. The molecule has 0 unspecified atom stereocenters. The number of rotatable bonds is 6. The number of nitrogens with zero attached hydrogens (tertiary/aromatic N) is 6. The summed E-state index contributed by atoms with van der Waals surface area (Å²) in [5, 5.41) is 6.74. The minimum atomic E-state index is -0.294. The van der Waals surface area contributed by atoms with Gasteiger partial charge >= 0.3 is 0 Å². The number of hydrogen-bond donors (Lipinski definition) is 2. The van der Waals surface area contributed by atoms with Crippen LogP contribution in [0.1, 0.15) is 42.9 Å². The molecule has 1 saturated heterocycles. The number of halogens is 1. The number of piperazine rings is 1. The fraction of sp³-hybridized carbons (Fsp3) is 0.435. The third-order valence-electron chi connectivity index (χ3n) is 5.77. The van der Waals surface area contributed by atoms with Crippen LogP contribution in [0.3, 0.4) is 0 Å². The van der Waals surface area contributed by atoms with Gasteiger partial charge in [-0.3, -0.25) is 4.79 Å². The normalized spacial score (nSPS) is 17.1. The standard InChI is InChI=1S/C23H29ClN8O/c1-4-18-26-22(30-23(27-18)32-13-11-31(3)12-14-32)29-20-16(8-6-10-25-20)21(33)28-19-15(2)7-5-9-17(19)24/h6-8,10H,4-5,9,11-14H2,1-3H3,(H,28,33)(H,25,26,27,29,30). The first-order chi connectivity index (χ1) is 15.9. The maximum atomic E-state index is 13.1. The van der Waals surface area contributed by atoms with Crippen LogP contribution in [0.2, 0.25) is 0 Å². The molecule has 9 nitrogen and oxygen atoms in total. The molecule has 1 aliphatic heterocycles. The molecule has 0 aromatic carbocycles. The Labute approximate surface area is 199 Å². The highest BCUT2D eigenvalue weighted by Gasteiger charge is 2.21. The van der Waals surface area contributed by atoms with E-state index in [2.05, 4.69) is 53.5 Å². The van der Waals surface area contributed by atoms with Crippen molar-refractivity contribution in [3.63, 3.8) is 0 Å². The lowest BCUT2D eigenvalue weighted by Crippen LogP contribution is -2.45. The van der Waals surface area contributed by atoms with Crippen molar-refractivity contribution in [3.05, 3.63) is 52.1 Å². The van der Waals surface area contributed by atoms with Gasteiger partial charge in [0.1, 0.15) is 11.6 Å². The van der Waals surface area contributed by atoms with Crippen LogP contribution >= 0.6 is 11.6 Å². The van der Waals surface area contributed by atoms with Gasteiger partial charge in [0.05, 0.1) is 11.3 Å². The first-order valence-corrected chi connectivity index (χ1v) is 11.6. The highest BCUT2D eigenvalue weighted by molar-refractivity contribution is 6.30. The minimum absolute atomic E-state index is 0.294. The number of aryl methyl sites for hydroxylation is 1. The topological polar surface area (TPSA) is 99.2 Å². The molecule has 1 fully saturated rings. The lowest BCUT2D eigenvalue weighted by molar-refractivity contribution is 0.0966. The van der Waals surface area contributed by atoms with Gasteiger partial charge in [0.15, 0.2) is 0 Å². The Morgan fingerprint density at radius 1 is 1.18 bits per heavy atom. The first kappa shape index (κ1) is 23.1. The van der Waals surface area contributed by atoms with Gasteiger partial charge < -0.3 is 20.4 Å². The number of amides is 1. The zero-order valence-electron chi connectivity index (χ0n) is 19.2. The van der Waals surface area contributed by atoms with E-state index < -0.39 is 0 Å². The van der Waals surface area contributed by atoms with Crippen LogP contribution in [-0.2, 0) is 6.42 Å². The largest absolute Gasteiger partial charge is 0.338 e. The second-order valence-electron chi connectivity index (χ2n) is 8.20. The molecule has 4 rings (SSSR count). The molecule has 1 aliphatic carbocycles. The van der Waals surface area contributed by atoms with Crippen molar-refractivity contribution in [2.24, 2.45) is 0 Å². The first-order valence-electron chi connectivity index (χ1n) is 11.2. The van der Waals surface area contributed by atoms with Gasteiger partial charge in [-0.2, -0.15) is 15.0 Å². The Bertz CT molecular complexity index is 1090. The van der Waals surface area contributed by atoms with Crippen LogP contribution in [0.15, 0.2) is 40.7 Å². The number of nitrogens with one attached hydrogen (secondary N) is 2. The zero-order valence-corrected chi connectivity index (χ0v) is 20.0. The number of hydrogen-bond acceptors (Lipinski definition) is 8. The van der Waals surface area contributed by atoms with Crippen LogP contribution in [0.4, 0.5) is 17.7 Å². The van der Waals surface area contributed by atoms with Crippen molar-refractivity contribution in [3.8, 4) is 0 Å². The van der Waals surface area contributed by atoms with E-state index in [1.54, 1.807) is 18.3 Å². The van der Waals surface area contributed by atoms with Crippen molar-refractivity contribution < 1.29 is 4.79 Å². The second-order valence-corrected chi connectivity index (χ2v) is 8.66. The van der Waals surface area contributed by atoms with Crippen molar-refractivity contribution >= 4 is 35.2 Å². The monoisotopic (exact) mass is 468 g/mol. The van der Waals surface area contributed by atoms with Gasteiger partial charge in [-0.15, -0.1) is 0 Å². The van der Waals surface area contributed by atoms with Crippen LogP contribution in [-0.4, -0.2) is 64.0 Å². The van der Waals surface area contributed by atoms with Crippen molar-refractivity contribution in [2.45, 2.75) is 33.1 Å². The Balaban J connectivity index is 1.58. The summed E-state index contributed by atoms with van der Waals surface area (Å²) in [6, 6.07) is 3.44. The number of aromatic nitrogens is 4. The van der Waals surface area contributed by atoms with Crippen LogP contribution < -0.4 is 15.5 Å². The van der Waals surface area contributed by atoms with Gasteiger partial charge in [0.2, 0.25) is 11.9 Å². The molecule has 0 radical (unpaired) electrons. The Kier molecular flexibility index (Phi) is 7.20. The average Bonchev–Trinajstić information content (AvgIpc) is 2.82. The summed E-state index contributed by atoms with van der Waals surface area (Å²) in [6.45, 7) is 7.55. The molecular weight excluding hydrogens is 440 g/mol. The summed E-state index contributed by atoms with van der Waals surface area (Å²) < 4.78 is 0. The van der Waals surface area contributed by atoms with E-state index >= 15 is 0 Å². The second kappa shape index (κ2) is 10.3. The molecule has 1 amide bonds. The van der Waals surface area contributed by atoms with Crippen molar-refractivity contribution in [2.75, 3.05) is 43.4 Å². The van der Waals surface area contributed by atoms with Gasteiger partial charge in [-0.05, 0) is 44.5 Å². The summed E-state index contributed by atoms with van der Waals surface area (Å²) >= 11 is 6.37. The molecular formula is C23H29ClN8O. The third kappa shape index (κ3) is 5.48. The quantitative estimate of drug-likeness (QED) is 0.666. The molecule has 0 spiro atoms. The SMILES string of the molecule is CCc1nc(Nc2ncccc2C(=O)NC2=C(Cl)CCC=C2C)nc(N2CCN(C)CC2)n1. The fourth-order valence-corrected chi connectivity index (χ4v) is 4.07. The Morgan fingerprint density at radius 2 is 1.97 bits per heavy atom. The number of allylic oxidation sites excluding steroid dienone is 3. The summed E-state index contributed by atoms with van der Waals surface area (Å²) in [7, 11) is 2.11. The van der Waals surface area contributed by atoms with Crippen molar-refractivity contribution in [1.82, 2.24) is 30.2 Å². The highest BCUT2D eigenvalue weighted by Crippen LogP contribution is 2.27. The summed E-state index contributed by atoms with van der Waals surface area (Å²) in [5.74, 6) is 1.77. The van der Waals surface area contributed by atoms with E-state index in [0.29, 0.717) is 52.7 Å². The molecule has 3 heterocycles. The van der Waals surface area contributed by atoms with Gasteiger partial charge in [0.25, 0.3) is 5.91 Å². The molecule has 2 aliphatic rings. The maximum Gasteiger partial charge on any atom is 0.259 e. The molecule has 0 atom stereocenters. The van der Waals surface area contributed by atoms with E-state index in [4.69, 9.17) is 11.6 Å². The summed E-state index contributed by atoms with van der Waals surface area (Å²) in [6.07, 6.45) is 5.96. The minimum Gasteiger partial charge on any atom is -0.338 e. The Morgan fingerprint density at radius 3 is 2.70 bits per heavy atom. The highest BCUT2D eigenvalue weighted by atomic mass is 35.5. The predicted molar refractivity (Wildman–Crippen MR) is 130 cm³/mol. The molecule has 0 saturated carbocycles. The van der Waals surface area contributed by atoms with E-state index in [0.717, 1.165) is 38.2 Å². The molecule has 33 heavy (non-hydrogen) atoms. The van der Waals surface area contributed by atoms with E-state index in [9.17, 15) is 4.79 Å². The van der Waals surface area contributed by atoms with Crippen LogP contribution in [0.25, 0.3) is 0 Å². The Hall–Kier alpha value is -3.04. The van der Waals surface area contributed by atoms with E-state index in [1.165, 1.54) is 0 Å². The van der Waals surface area contributed by atoms with Gasteiger partial charge in [-0.1, -0.05) is 24.6 Å². The lowest BCUT2D eigenvalue weighted by atomic mass is 10.0. The van der Waals surface area contributed by atoms with Crippen molar-refractivity contribution in [1.29, 1.82) is 0 Å². The van der Waals surface area contributed by atoms with Crippen LogP contribution in [0, 0.1) is 0 Å². The smallest absolute Gasteiger partial charge is 0.259 e. The van der Waals surface area contributed by atoms with E-state index in [-0.39, 0.29) is 5.91 Å². The number of carbonyl (C=O) groups excluding carboxylic acids is 1. The third-order valence-corrected chi connectivity index (χ3v) is 6.15. The molecule has 174 valence electrons. The molecule has 10 heteroatoms. The van der Waals surface area contributed by atoms with Gasteiger partial charge in [-0.25, -0.2) is 4.98 Å². The average molecular weight is 469 g/mol.